The molecule has 0 spiro atoms. The lowest BCUT2D eigenvalue weighted by Crippen LogP contribution is -2.52. The van der Waals surface area contributed by atoms with Crippen LogP contribution >= 0.6 is 0 Å². The second kappa shape index (κ2) is 7.40. The molecule has 27 heavy (non-hydrogen) atoms. The van der Waals surface area contributed by atoms with Crippen LogP contribution in [-0.2, 0) is 22.7 Å². The van der Waals surface area contributed by atoms with Gasteiger partial charge < -0.3 is 15.1 Å². The second-order valence-electron chi connectivity index (χ2n) is 7.88. The number of benzene rings is 1. The summed E-state index contributed by atoms with van der Waals surface area (Å²) in [6.07, 6.45) is 3.15. The topological polar surface area (TPSA) is 81.8 Å². The zero-order chi connectivity index (χ0) is 19.0. The zero-order valence-corrected chi connectivity index (χ0v) is 15.7. The number of fused-ring (bicyclic) bond motifs is 1. The molecule has 1 aromatic rings. The highest BCUT2D eigenvalue weighted by atomic mass is 16.2. The van der Waals surface area contributed by atoms with Crippen molar-refractivity contribution in [1.29, 1.82) is 0 Å². The first-order valence-electron chi connectivity index (χ1n) is 9.69. The Hall–Kier alpha value is -2.25. The standard InChI is InChI=1S/C20H26N4O3/c1-23(12-15-3-2-8-21-15)10-13-4-5-16-14(9-13)11-24(20(16)27)17-6-7-18(25)22-19(17)26/h4-5,9,15,17,21H,2-3,6-8,10-12H2,1H3,(H,22,25,26). The molecule has 4 rings (SSSR count). The van der Waals surface area contributed by atoms with E-state index < -0.39 is 6.04 Å². The highest BCUT2D eigenvalue weighted by molar-refractivity contribution is 6.05. The lowest BCUT2D eigenvalue weighted by molar-refractivity contribution is -0.136. The summed E-state index contributed by atoms with van der Waals surface area (Å²) in [5, 5.41) is 5.86. The van der Waals surface area contributed by atoms with Gasteiger partial charge in [-0.05, 0) is 50.0 Å². The van der Waals surface area contributed by atoms with Gasteiger partial charge in [-0.2, -0.15) is 0 Å². The highest BCUT2D eigenvalue weighted by Gasteiger charge is 2.39. The Kier molecular flexibility index (Phi) is 4.97. The van der Waals surface area contributed by atoms with Crippen LogP contribution in [0.3, 0.4) is 0 Å². The number of amides is 3. The van der Waals surface area contributed by atoms with E-state index in [1.807, 2.05) is 12.1 Å². The number of nitrogens with zero attached hydrogens (tertiary/aromatic N) is 2. The van der Waals surface area contributed by atoms with E-state index in [1.54, 1.807) is 4.90 Å². The van der Waals surface area contributed by atoms with Gasteiger partial charge in [0.2, 0.25) is 11.8 Å². The number of hydrogen-bond acceptors (Lipinski definition) is 5. The van der Waals surface area contributed by atoms with Gasteiger partial charge in [0, 0.05) is 37.7 Å². The summed E-state index contributed by atoms with van der Waals surface area (Å²) < 4.78 is 0. The molecule has 3 heterocycles. The Labute approximate surface area is 159 Å². The maximum absolute atomic E-state index is 12.7. The van der Waals surface area contributed by atoms with E-state index in [2.05, 4.69) is 28.6 Å². The molecule has 0 radical (unpaired) electrons. The van der Waals surface area contributed by atoms with E-state index in [9.17, 15) is 14.4 Å². The van der Waals surface area contributed by atoms with Crippen molar-refractivity contribution in [2.75, 3.05) is 20.1 Å². The summed E-state index contributed by atoms with van der Waals surface area (Å²) in [4.78, 5) is 40.1. The Morgan fingerprint density at radius 1 is 1.22 bits per heavy atom. The van der Waals surface area contributed by atoms with Crippen molar-refractivity contribution in [1.82, 2.24) is 20.4 Å². The van der Waals surface area contributed by atoms with Crippen LogP contribution < -0.4 is 10.6 Å². The SMILES string of the molecule is CN(Cc1ccc2c(c1)CN(C1CCC(=O)NC1=O)C2=O)CC1CCCN1. The van der Waals surface area contributed by atoms with E-state index in [-0.39, 0.29) is 24.1 Å². The molecule has 0 bridgehead atoms. The zero-order valence-electron chi connectivity index (χ0n) is 15.7. The van der Waals surface area contributed by atoms with Crippen molar-refractivity contribution in [3.63, 3.8) is 0 Å². The van der Waals surface area contributed by atoms with Gasteiger partial charge in [0.1, 0.15) is 6.04 Å². The van der Waals surface area contributed by atoms with Gasteiger partial charge in [0.25, 0.3) is 5.91 Å². The van der Waals surface area contributed by atoms with Crippen molar-refractivity contribution in [3.05, 3.63) is 34.9 Å². The normalized spacial score (nSPS) is 25.3. The first kappa shape index (κ1) is 18.1. The van der Waals surface area contributed by atoms with Gasteiger partial charge in [0.15, 0.2) is 0 Å². The van der Waals surface area contributed by atoms with Crippen molar-refractivity contribution >= 4 is 17.7 Å². The van der Waals surface area contributed by atoms with E-state index in [4.69, 9.17) is 0 Å². The third kappa shape index (κ3) is 3.75. The summed E-state index contributed by atoms with van der Waals surface area (Å²) in [6.45, 7) is 3.38. The van der Waals surface area contributed by atoms with Crippen LogP contribution in [0.1, 0.15) is 47.2 Å². The van der Waals surface area contributed by atoms with Crippen LogP contribution in [0.5, 0.6) is 0 Å². The molecule has 3 aliphatic rings. The minimum atomic E-state index is -0.554. The average molecular weight is 370 g/mol. The molecule has 1 aromatic carbocycles. The third-order valence-electron chi connectivity index (χ3n) is 5.73. The third-order valence-corrected chi connectivity index (χ3v) is 5.73. The second-order valence-corrected chi connectivity index (χ2v) is 7.88. The number of carbonyl (C=O) groups excluding carboxylic acids is 3. The van der Waals surface area contributed by atoms with Gasteiger partial charge in [-0.15, -0.1) is 0 Å². The number of imide groups is 1. The van der Waals surface area contributed by atoms with E-state index in [1.165, 1.54) is 18.4 Å². The molecule has 2 N–H and O–H groups in total. The fraction of sp³-hybridized carbons (Fsp3) is 0.550. The molecular formula is C20H26N4O3. The number of hydrogen-bond donors (Lipinski definition) is 2. The fourth-order valence-corrected chi connectivity index (χ4v) is 4.39. The van der Waals surface area contributed by atoms with E-state index >= 15 is 0 Å². The van der Waals surface area contributed by atoms with Gasteiger partial charge in [-0.1, -0.05) is 12.1 Å². The molecular weight excluding hydrogens is 344 g/mol. The summed E-state index contributed by atoms with van der Waals surface area (Å²) in [5.74, 6) is -0.742. The quantitative estimate of drug-likeness (QED) is 0.743. The molecule has 3 amide bonds. The summed E-state index contributed by atoms with van der Waals surface area (Å²) in [6, 6.07) is 5.97. The Morgan fingerprint density at radius 3 is 2.81 bits per heavy atom. The average Bonchev–Trinajstić information content (AvgIpc) is 3.23. The largest absolute Gasteiger partial charge is 0.322 e. The van der Waals surface area contributed by atoms with Gasteiger partial charge in [-0.3, -0.25) is 19.7 Å². The first-order valence-corrected chi connectivity index (χ1v) is 9.69. The number of nitrogens with one attached hydrogen (secondary N) is 2. The smallest absolute Gasteiger partial charge is 0.255 e. The molecule has 2 fully saturated rings. The maximum Gasteiger partial charge on any atom is 0.255 e. The Morgan fingerprint density at radius 2 is 2.07 bits per heavy atom. The van der Waals surface area contributed by atoms with Gasteiger partial charge >= 0.3 is 0 Å². The fourth-order valence-electron chi connectivity index (χ4n) is 4.39. The number of carbonyl (C=O) groups is 3. The van der Waals surface area contributed by atoms with Crippen molar-refractivity contribution in [2.45, 2.75) is 50.9 Å². The Balaban J connectivity index is 1.42. The monoisotopic (exact) mass is 370 g/mol. The molecule has 2 atom stereocenters. The molecule has 2 saturated heterocycles. The number of likely N-dealkylation sites (N-methyl/N-ethyl adjacent to an activating group) is 1. The van der Waals surface area contributed by atoms with E-state index in [0.717, 1.165) is 25.2 Å². The molecule has 144 valence electrons. The van der Waals surface area contributed by atoms with Crippen LogP contribution in [0.4, 0.5) is 0 Å². The van der Waals surface area contributed by atoms with Crippen LogP contribution in [0.15, 0.2) is 18.2 Å². The molecule has 7 nitrogen and oxygen atoms in total. The Bertz CT molecular complexity index is 772. The van der Waals surface area contributed by atoms with Crippen LogP contribution in [0.2, 0.25) is 0 Å². The van der Waals surface area contributed by atoms with Gasteiger partial charge in [-0.25, -0.2) is 0 Å². The lowest BCUT2D eigenvalue weighted by atomic mass is 10.0. The van der Waals surface area contributed by atoms with Crippen LogP contribution in [0, 0.1) is 0 Å². The predicted molar refractivity (Wildman–Crippen MR) is 99.8 cm³/mol. The summed E-state index contributed by atoms with van der Waals surface area (Å²) in [5.41, 5.74) is 2.81. The van der Waals surface area contributed by atoms with Crippen molar-refractivity contribution in [2.24, 2.45) is 0 Å². The molecule has 3 aliphatic heterocycles. The molecule has 2 unspecified atom stereocenters. The molecule has 0 saturated carbocycles. The van der Waals surface area contributed by atoms with E-state index in [0.29, 0.717) is 24.6 Å². The van der Waals surface area contributed by atoms with Crippen LogP contribution in [-0.4, -0.2) is 59.7 Å². The first-order chi connectivity index (χ1) is 13.0. The van der Waals surface area contributed by atoms with Gasteiger partial charge in [0.05, 0.1) is 0 Å². The van der Waals surface area contributed by atoms with Crippen molar-refractivity contribution in [3.8, 4) is 0 Å². The minimum Gasteiger partial charge on any atom is -0.322 e. The molecule has 7 heteroatoms. The molecule has 0 aromatic heterocycles. The number of piperidine rings is 1. The highest BCUT2D eigenvalue weighted by Crippen LogP contribution is 2.28. The van der Waals surface area contributed by atoms with Crippen molar-refractivity contribution < 1.29 is 14.4 Å². The maximum atomic E-state index is 12.7. The molecule has 0 aliphatic carbocycles. The summed E-state index contributed by atoms with van der Waals surface area (Å²) in [7, 11) is 2.12. The minimum absolute atomic E-state index is 0.116. The number of rotatable bonds is 5. The lowest BCUT2D eigenvalue weighted by Gasteiger charge is -2.29. The van der Waals surface area contributed by atoms with Crippen LogP contribution in [0.25, 0.3) is 0 Å². The summed E-state index contributed by atoms with van der Waals surface area (Å²) >= 11 is 0. The predicted octanol–water partition coefficient (Wildman–Crippen LogP) is 0.631.